The molecule has 76 valence electrons. The fraction of sp³-hybridized carbons (Fsp3) is 1.00. The van der Waals surface area contributed by atoms with Crippen molar-refractivity contribution >= 4 is 0 Å². The Bertz CT molecular complexity index is 155. The molecule has 1 nitrogen and oxygen atoms in total. The number of hydrogen-bond donors (Lipinski definition) is 1. The van der Waals surface area contributed by atoms with Crippen molar-refractivity contribution in [1.29, 1.82) is 0 Å². The minimum atomic E-state index is 0.891. The van der Waals surface area contributed by atoms with Gasteiger partial charge in [-0.15, -0.1) is 0 Å². The van der Waals surface area contributed by atoms with Gasteiger partial charge in [-0.3, -0.25) is 0 Å². The third kappa shape index (κ3) is 2.25. The lowest BCUT2D eigenvalue weighted by molar-refractivity contribution is 0.159. The van der Waals surface area contributed by atoms with Crippen LogP contribution in [0.15, 0.2) is 0 Å². The first-order valence-corrected chi connectivity index (χ1v) is 6.13. The number of piperidine rings is 1. The number of fused-ring (bicyclic) bond motifs is 1. The minimum absolute atomic E-state index is 0.891. The average Bonchev–Trinajstić information content (AvgIpc) is 2.18. The third-order valence-corrected chi connectivity index (χ3v) is 3.95. The van der Waals surface area contributed by atoms with E-state index >= 15 is 0 Å². The predicted octanol–water partition coefficient (Wildman–Crippen LogP) is 2.95. The van der Waals surface area contributed by atoms with Gasteiger partial charge >= 0.3 is 0 Å². The van der Waals surface area contributed by atoms with Crippen molar-refractivity contribution in [2.75, 3.05) is 6.54 Å². The van der Waals surface area contributed by atoms with Crippen molar-refractivity contribution in [3.63, 3.8) is 0 Å². The van der Waals surface area contributed by atoms with E-state index in [1.165, 1.54) is 51.5 Å². The van der Waals surface area contributed by atoms with E-state index in [1.807, 2.05) is 0 Å². The molecule has 1 saturated carbocycles. The van der Waals surface area contributed by atoms with Crippen LogP contribution >= 0.6 is 0 Å². The van der Waals surface area contributed by atoms with Gasteiger partial charge in [0.2, 0.25) is 0 Å². The Morgan fingerprint density at radius 2 is 2.15 bits per heavy atom. The normalized spacial score (nSPS) is 39.9. The van der Waals surface area contributed by atoms with Crippen molar-refractivity contribution in [3.05, 3.63) is 0 Å². The van der Waals surface area contributed by atoms with Gasteiger partial charge in [-0.05, 0) is 50.5 Å². The summed E-state index contributed by atoms with van der Waals surface area (Å²) in [5.41, 5.74) is 0. The molecule has 2 fully saturated rings. The van der Waals surface area contributed by atoms with Gasteiger partial charge in [0.25, 0.3) is 0 Å². The Labute approximate surface area is 82.3 Å². The van der Waals surface area contributed by atoms with Gasteiger partial charge in [-0.1, -0.05) is 19.8 Å². The van der Waals surface area contributed by atoms with E-state index in [-0.39, 0.29) is 0 Å². The van der Waals surface area contributed by atoms with Crippen LogP contribution in [-0.2, 0) is 0 Å². The number of rotatable bonds is 2. The number of hydrogen-bond acceptors (Lipinski definition) is 1. The molecule has 0 bridgehead atoms. The van der Waals surface area contributed by atoms with Crippen LogP contribution in [0.5, 0.6) is 0 Å². The zero-order chi connectivity index (χ0) is 9.10. The van der Waals surface area contributed by atoms with Crippen LogP contribution in [0.25, 0.3) is 0 Å². The molecule has 1 aliphatic carbocycles. The molecule has 1 N–H and O–H groups in total. The fourth-order valence-corrected chi connectivity index (χ4v) is 3.27. The summed E-state index contributed by atoms with van der Waals surface area (Å²) in [7, 11) is 0. The lowest BCUT2D eigenvalue weighted by Gasteiger charge is -2.40. The van der Waals surface area contributed by atoms with Gasteiger partial charge in [0.15, 0.2) is 0 Å². The molecule has 1 heterocycles. The lowest BCUT2D eigenvalue weighted by atomic mass is 9.73. The van der Waals surface area contributed by atoms with Crippen LogP contribution in [0.3, 0.4) is 0 Å². The summed E-state index contributed by atoms with van der Waals surface area (Å²) in [5.74, 6) is 2.09. The van der Waals surface area contributed by atoms with E-state index in [4.69, 9.17) is 0 Å². The molecule has 0 spiro atoms. The average molecular weight is 181 g/mol. The molecule has 0 aromatic carbocycles. The highest BCUT2D eigenvalue weighted by Gasteiger charge is 2.31. The Morgan fingerprint density at radius 1 is 1.23 bits per heavy atom. The number of nitrogens with one attached hydrogen (secondary N) is 1. The summed E-state index contributed by atoms with van der Waals surface area (Å²) < 4.78 is 0. The first-order valence-electron chi connectivity index (χ1n) is 6.13. The van der Waals surface area contributed by atoms with Crippen LogP contribution in [-0.4, -0.2) is 12.6 Å². The van der Waals surface area contributed by atoms with E-state index in [1.54, 1.807) is 0 Å². The second-order valence-electron chi connectivity index (χ2n) is 4.93. The molecule has 13 heavy (non-hydrogen) atoms. The molecule has 1 heteroatoms. The Morgan fingerprint density at radius 3 is 3.00 bits per heavy atom. The zero-order valence-corrected chi connectivity index (χ0v) is 8.89. The summed E-state index contributed by atoms with van der Waals surface area (Å²) in [4.78, 5) is 0. The first-order chi connectivity index (χ1) is 6.40. The predicted molar refractivity (Wildman–Crippen MR) is 56.8 cm³/mol. The van der Waals surface area contributed by atoms with Gasteiger partial charge in [0, 0.05) is 6.04 Å². The van der Waals surface area contributed by atoms with E-state index < -0.39 is 0 Å². The van der Waals surface area contributed by atoms with Crippen LogP contribution < -0.4 is 5.32 Å². The van der Waals surface area contributed by atoms with Crippen LogP contribution in [0.2, 0.25) is 0 Å². The highest BCUT2D eigenvalue weighted by Crippen LogP contribution is 2.36. The van der Waals surface area contributed by atoms with Gasteiger partial charge in [-0.2, -0.15) is 0 Å². The Kier molecular flexibility index (Phi) is 3.26. The van der Waals surface area contributed by atoms with Crippen LogP contribution in [0.4, 0.5) is 0 Å². The minimum Gasteiger partial charge on any atom is -0.314 e. The lowest BCUT2D eigenvalue weighted by Crippen LogP contribution is -2.44. The summed E-state index contributed by atoms with van der Waals surface area (Å²) in [6.45, 7) is 3.60. The van der Waals surface area contributed by atoms with Crippen molar-refractivity contribution in [2.45, 2.75) is 57.9 Å². The third-order valence-electron chi connectivity index (χ3n) is 3.95. The zero-order valence-electron chi connectivity index (χ0n) is 8.89. The first kappa shape index (κ1) is 9.51. The molecular weight excluding hydrogens is 158 g/mol. The van der Waals surface area contributed by atoms with Crippen LogP contribution in [0.1, 0.15) is 51.9 Å². The maximum absolute atomic E-state index is 3.68. The quantitative estimate of drug-likeness (QED) is 0.690. The summed E-state index contributed by atoms with van der Waals surface area (Å²) >= 11 is 0. The highest BCUT2D eigenvalue weighted by atomic mass is 14.9. The molecule has 0 aromatic rings. The molecule has 0 aromatic heterocycles. The molecule has 3 atom stereocenters. The Balaban J connectivity index is 1.84. The monoisotopic (exact) mass is 181 g/mol. The SMILES string of the molecule is CCCC1CCC2NCCCC2C1. The van der Waals surface area contributed by atoms with E-state index in [0.717, 1.165) is 17.9 Å². The molecule has 0 amide bonds. The summed E-state index contributed by atoms with van der Waals surface area (Å²) in [5, 5.41) is 3.68. The van der Waals surface area contributed by atoms with Gasteiger partial charge < -0.3 is 5.32 Å². The maximum Gasteiger partial charge on any atom is 0.00955 e. The molecule has 2 rings (SSSR count). The van der Waals surface area contributed by atoms with E-state index in [9.17, 15) is 0 Å². The summed E-state index contributed by atoms with van der Waals surface area (Å²) in [6.07, 6.45) is 10.2. The molecule has 2 aliphatic rings. The standard InChI is InChI=1S/C12H23N/c1-2-4-10-6-7-12-11(9-10)5-3-8-13-12/h10-13H,2-9H2,1H3. The second-order valence-corrected chi connectivity index (χ2v) is 4.93. The van der Waals surface area contributed by atoms with Crippen molar-refractivity contribution < 1.29 is 0 Å². The van der Waals surface area contributed by atoms with Crippen molar-refractivity contribution in [2.24, 2.45) is 11.8 Å². The second kappa shape index (κ2) is 4.45. The molecule has 3 unspecified atom stereocenters. The van der Waals surface area contributed by atoms with Crippen molar-refractivity contribution in [3.8, 4) is 0 Å². The molecular formula is C12H23N. The molecule has 1 saturated heterocycles. The van der Waals surface area contributed by atoms with Crippen molar-refractivity contribution in [1.82, 2.24) is 5.32 Å². The smallest absolute Gasteiger partial charge is 0.00955 e. The highest BCUT2D eigenvalue weighted by molar-refractivity contribution is 4.87. The summed E-state index contributed by atoms with van der Waals surface area (Å²) in [6, 6.07) is 0.891. The Hall–Kier alpha value is -0.0400. The van der Waals surface area contributed by atoms with E-state index in [2.05, 4.69) is 12.2 Å². The van der Waals surface area contributed by atoms with Gasteiger partial charge in [0.1, 0.15) is 0 Å². The molecule has 0 radical (unpaired) electrons. The molecule has 1 aliphatic heterocycles. The topological polar surface area (TPSA) is 12.0 Å². The maximum atomic E-state index is 3.68. The van der Waals surface area contributed by atoms with Gasteiger partial charge in [0.05, 0.1) is 0 Å². The fourth-order valence-electron chi connectivity index (χ4n) is 3.27. The largest absolute Gasteiger partial charge is 0.314 e. The van der Waals surface area contributed by atoms with Gasteiger partial charge in [-0.25, -0.2) is 0 Å². The van der Waals surface area contributed by atoms with Crippen LogP contribution in [0, 0.1) is 11.8 Å². The van der Waals surface area contributed by atoms with E-state index in [0.29, 0.717) is 0 Å².